The lowest BCUT2D eigenvalue weighted by atomic mass is 10.0. The Balaban J connectivity index is 1.48. The van der Waals surface area contributed by atoms with Crippen LogP contribution in [0.3, 0.4) is 0 Å². The van der Waals surface area contributed by atoms with Crippen LogP contribution in [-0.4, -0.2) is 51.8 Å². The number of hydrogen-bond donors (Lipinski definition) is 0. The van der Waals surface area contributed by atoms with Crippen LogP contribution >= 0.6 is 11.6 Å². The van der Waals surface area contributed by atoms with Gasteiger partial charge in [0.1, 0.15) is 0 Å². The lowest BCUT2D eigenvalue weighted by Crippen LogP contribution is -2.49. The van der Waals surface area contributed by atoms with E-state index >= 15 is 0 Å². The van der Waals surface area contributed by atoms with Gasteiger partial charge in [0.25, 0.3) is 5.91 Å². The molecule has 0 bridgehead atoms. The average Bonchev–Trinajstić information content (AvgIpc) is 3.12. The molecule has 0 N–H and O–H groups in total. The van der Waals surface area contributed by atoms with E-state index in [9.17, 15) is 4.79 Å². The van der Waals surface area contributed by atoms with Crippen molar-refractivity contribution in [2.45, 2.75) is 6.92 Å². The summed E-state index contributed by atoms with van der Waals surface area (Å²) in [7, 11) is 1.87. The standard InChI is InChI=1S/C25H24ClN5O/c1-17-23-19(16-21(18-8-4-3-5-9-18)27-24(23)29(2)28-17)25(32)31-14-12-30(13-15-31)22-11-7-6-10-20(22)26/h3-11,16H,12-15H2,1-2H3. The summed E-state index contributed by atoms with van der Waals surface area (Å²) in [5.74, 6) is 0.0180. The van der Waals surface area contributed by atoms with Gasteiger partial charge in [-0.1, -0.05) is 54.1 Å². The molecule has 0 radical (unpaired) electrons. The molecule has 5 rings (SSSR count). The number of aryl methyl sites for hydroxylation is 2. The van der Waals surface area contributed by atoms with E-state index in [0.29, 0.717) is 18.7 Å². The Hall–Kier alpha value is -3.38. The SMILES string of the molecule is Cc1nn(C)c2nc(-c3ccccc3)cc(C(=O)N3CCN(c4ccccc4Cl)CC3)c12. The van der Waals surface area contributed by atoms with E-state index in [0.717, 1.165) is 51.8 Å². The number of fused-ring (bicyclic) bond motifs is 1. The van der Waals surface area contributed by atoms with Crippen LogP contribution in [0.5, 0.6) is 0 Å². The highest BCUT2D eigenvalue weighted by Crippen LogP contribution is 2.29. The number of hydrogen-bond acceptors (Lipinski definition) is 4. The molecule has 1 fully saturated rings. The van der Waals surface area contributed by atoms with Crippen LogP contribution in [0, 0.1) is 6.92 Å². The second-order valence-electron chi connectivity index (χ2n) is 8.06. The average molecular weight is 446 g/mol. The number of carbonyl (C=O) groups is 1. The molecule has 32 heavy (non-hydrogen) atoms. The minimum Gasteiger partial charge on any atom is -0.367 e. The molecule has 3 heterocycles. The number of rotatable bonds is 3. The van der Waals surface area contributed by atoms with Crippen molar-refractivity contribution in [3.63, 3.8) is 0 Å². The first-order valence-electron chi connectivity index (χ1n) is 10.7. The van der Waals surface area contributed by atoms with Crippen LogP contribution in [0.15, 0.2) is 60.7 Å². The van der Waals surface area contributed by atoms with Gasteiger partial charge in [-0.15, -0.1) is 0 Å². The summed E-state index contributed by atoms with van der Waals surface area (Å²) >= 11 is 6.37. The van der Waals surface area contributed by atoms with Crippen molar-refractivity contribution in [1.29, 1.82) is 0 Å². The summed E-state index contributed by atoms with van der Waals surface area (Å²) in [4.78, 5) is 22.7. The van der Waals surface area contributed by atoms with Crippen LogP contribution < -0.4 is 4.90 Å². The maximum absolute atomic E-state index is 13.7. The van der Waals surface area contributed by atoms with Gasteiger partial charge in [-0.25, -0.2) is 4.98 Å². The summed E-state index contributed by atoms with van der Waals surface area (Å²) in [6, 6.07) is 19.7. The van der Waals surface area contributed by atoms with Crippen LogP contribution in [-0.2, 0) is 7.05 Å². The van der Waals surface area contributed by atoms with Gasteiger partial charge in [0, 0.05) is 38.8 Å². The summed E-state index contributed by atoms with van der Waals surface area (Å²) < 4.78 is 1.75. The molecule has 162 valence electrons. The fourth-order valence-electron chi connectivity index (χ4n) is 4.40. The molecule has 6 nitrogen and oxygen atoms in total. The van der Waals surface area contributed by atoms with Gasteiger partial charge in [0.2, 0.25) is 0 Å². The molecule has 1 saturated heterocycles. The number of para-hydroxylation sites is 1. The summed E-state index contributed by atoms with van der Waals surface area (Å²) in [6.45, 7) is 4.67. The predicted octanol–water partition coefficient (Wildman–Crippen LogP) is 4.56. The molecule has 2 aromatic carbocycles. The molecular weight excluding hydrogens is 422 g/mol. The van der Waals surface area contributed by atoms with Crippen molar-refractivity contribution < 1.29 is 4.79 Å². The van der Waals surface area contributed by atoms with E-state index in [-0.39, 0.29) is 5.91 Å². The quantitative estimate of drug-likeness (QED) is 0.464. The largest absolute Gasteiger partial charge is 0.367 e. The zero-order chi connectivity index (χ0) is 22.2. The Morgan fingerprint density at radius 1 is 0.969 bits per heavy atom. The van der Waals surface area contributed by atoms with E-state index in [2.05, 4.69) is 10.00 Å². The molecule has 7 heteroatoms. The zero-order valence-corrected chi connectivity index (χ0v) is 18.9. The van der Waals surface area contributed by atoms with Crippen LogP contribution in [0.1, 0.15) is 16.1 Å². The number of pyridine rings is 1. The van der Waals surface area contributed by atoms with Crippen molar-refractivity contribution in [3.05, 3.63) is 76.9 Å². The molecular formula is C25H24ClN5O. The first-order valence-corrected chi connectivity index (χ1v) is 11.1. The van der Waals surface area contributed by atoms with Crippen molar-refractivity contribution in [2.75, 3.05) is 31.1 Å². The fourth-order valence-corrected chi connectivity index (χ4v) is 4.65. The minimum absolute atomic E-state index is 0.0180. The second-order valence-corrected chi connectivity index (χ2v) is 8.47. The molecule has 1 amide bonds. The second kappa shape index (κ2) is 8.28. The smallest absolute Gasteiger partial charge is 0.254 e. The molecule has 0 aliphatic carbocycles. The monoisotopic (exact) mass is 445 g/mol. The Bertz CT molecular complexity index is 1290. The minimum atomic E-state index is 0.0180. The molecule has 0 unspecified atom stereocenters. The van der Waals surface area contributed by atoms with E-state index in [1.807, 2.05) is 79.5 Å². The van der Waals surface area contributed by atoms with Crippen LogP contribution in [0.25, 0.3) is 22.3 Å². The number of piperazine rings is 1. The number of aromatic nitrogens is 3. The molecule has 0 atom stereocenters. The van der Waals surface area contributed by atoms with Crippen molar-refractivity contribution in [2.24, 2.45) is 7.05 Å². The number of halogens is 1. The fraction of sp³-hybridized carbons (Fsp3) is 0.240. The Kier molecular flexibility index (Phi) is 5.31. The van der Waals surface area contributed by atoms with E-state index < -0.39 is 0 Å². The van der Waals surface area contributed by atoms with E-state index in [1.54, 1.807) is 4.68 Å². The number of amides is 1. The van der Waals surface area contributed by atoms with Crippen molar-refractivity contribution in [1.82, 2.24) is 19.7 Å². The lowest BCUT2D eigenvalue weighted by Gasteiger charge is -2.36. The van der Waals surface area contributed by atoms with Gasteiger partial charge >= 0.3 is 0 Å². The highest BCUT2D eigenvalue weighted by molar-refractivity contribution is 6.33. The highest BCUT2D eigenvalue weighted by atomic mass is 35.5. The van der Waals surface area contributed by atoms with E-state index in [4.69, 9.17) is 16.6 Å². The molecule has 1 aliphatic rings. The highest BCUT2D eigenvalue weighted by Gasteiger charge is 2.27. The van der Waals surface area contributed by atoms with Gasteiger partial charge in [-0.05, 0) is 25.1 Å². The van der Waals surface area contributed by atoms with Gasteiger partial charge in [-0.2, -0.15) is 5.10 Å². The molecule has 2 aromatic heterocycles. The lowest BCUT2D eigenvalue weighted by molar-refractivity contribution is 0.0748. The third kappa shape index (κ3) is 3.60. The van der Waals surface area contributed by atoms with Gasteiger partial charge < -0.3 is 9.80 Å². The number of carbonyl (C=O) groups excluding carboxylic acids is 1. The topological polar surface area (TPSA) is 54.3 Å². The first kappa shape index (κ1) is 20.5. The molecule has 1 aliphatic heterocycles. The Labute approximate surface area is 192 Å². The predicted molar refractivity (Wildman–Crippen MR) is 128 cm³/mol. The molecule has 0 saturated carbocycles. The van der Waals surface area contributed by atoms with E-state index in [1.165, 1.54) is 0 Å². The summed E-state index contributed by atoms with van der Waals surface area (Å²) in [5.41, 5.74) is 4.97. The summed E-state index contributed by atoms with van der Waals surface area (Å²) in [6.07, 6.45) is 0. The number of nitrogens with zero attached hydrogens (tertiary/aromatic N) is 5. The van der Waals surface area contributed by atoms with Gasteiger partial charge in [0.05, 0.1) is 33.0 Å². The van der Waals surface area contributed by atoms with Gasteiger partial charge in [0.15, 0.2) is 5.65 Å². The maximum atomic E-state index is 13.7. The van der Waals surface area contributed by atoms with Crippen molar-refractivity contribution in [3.8, 4) is 11.3 Å². The third-order valence-corrected chi connectivity index (χ3v) is 6.35. The van der Waals surface area contributed by atoms with Crippen molar-refractivity contribution >= 4 is 34.2 Å². The number of benzene rings is 2. The molecule has 4 aromatic rings. The van der Waals surface area contributed by atoms with Crippen LogP contribution in [0.4, 0.5) is 5.69 Å². The van der Waals surface area contributed by atoms with Crippen LogP contribution in [0.2, 0.25) is 5.02 Å². The number of anilines is 1. The van der Waals surface area contributed by atoms with Gasteiger partial charge in [-0.3, -0.25) is 9.48 Å². The maximum Gasteiger partial charge on any atom is 0.254 e. The Morgan fingerprint density at radius 2 is 1.66 bits per heavy atom. The first-order chi connectivity index (χ1) is 15.5. The normalized spacial score (nSPS) is 14.2. The Morgan fingerprint density at radius 3 is 2.38 bits per heavy atom. The molecule has 0 spiro atoms. The zero-order valence-electron chi connectivity index (χ0n) is 18.1. The third-order valence-electron chi connectivity index (χ3n) is 6.03. The summed E-state index contributed by atoms with van der Waals surface area (Å²) in [5, 5.41) is 6.10.